The summed E-state index contributed by atoms with van der Waals surface area (Å²) in [5.74, 6) is 0. The van der Waals surface area contributed by atoms with Crippen LogP contribution in [0.5, 0.6) is 0 Å². The van der Waals surface area contributed by atoms with E-state index in [0.717, 1.165) is 16.3 Å². The van der Waals surface area contributed by atoms with Gasteiger partial charge in [0.1, 0.15) is 6.23 Å². The third kappa shape index (κ3) is 2.27. The molecule has 1 amide bonds. The number of fused-ring (bicyclic) bond motifs is 1. The van der Waals surface area contributed by atoms with E-state index in [9.17, 15) is 9.90 Å². The number of amides is 1. The number of hydrogen-bond acceptors (Lipinski definition) is 3. The Morgan fingerprint density at radius 3 is 2.59 bits per heavy atom. The molecule has 2 rings (SSSR count). The van der Waals surface area contributed by atoms with Crippen molar-refractivity contribution >= 4 is 17.2 Å². The van der Waals surface area contributed by atoms with Crippen LogP contribution in [0.15, 0.2) is 42.5 Å². The zero-order valence-corrected chi connectivity index (χ0v) is 9.21. The number of aliphatic hydroxyl groups is 1. The lowest BCUT2D eigenvalue weighted by Gasteiger charge is -2.21. The van der Waals surface area contributed by atoms with Gasteiger partial charge in [-0.2, -0.15) is 0 Å². The normalized spacial score (nSPS) is 14.2. The minimum atomic E-state index is -1.13. The van der Waals surface area contributed by atoms with Gasteiger partial charge in [-0.1, -0.05) is 42.5 Å². The Labute approximate surface area is 99.1 Å². The molecule has 0 fully saturated rings. The van der Waals surface area contributed by atoms with Crippen molar-refractivity contribution in [1.82, 2.24) is 5.32 Å². The first-order chi connectivity index (χ1) is 8.24. The fraction of sp³-hybridized carbons (Fsp3) is 0.154. The zero-order valence-electron chi connectivity index (χ0n) is 9.21. The van der Waals surface area contributed by atoms with Crippen molar-refractivity contribution in [3.8, 4) is 0 Å². The number of aliphatic hydroxyl groups excluding tert-OH is 1. The summed E-state index contributed by atoms with van der Waals surface area (Å²) < 4.78 is 0. The average molecular weight is 230 g/mol. The molecule has 0 spiro atoms. The number of rotatable bonds is 4. The van der Waals surface area contributed by atoms with Crippen LogP contribution in [0.25, 0.3) is 10.8 Å². The number of hydrogen-bond donors (Lipinski definition) is 3. The van der Waals surface area contributed by atoms with E-state index in [4.69, 9.17) is 5.73 Å². The molecule has 4 N–H and O–H groups in total. The fourth-order valence-electron chi connectivity index (χ4n) is 1.97. The van der Waals surface area contributed by atoms with Gasteiger partial charge in [0.2, 0.25) is 6.41 Å². The van der Waals surface area contributed by atoms with Crippen molar-refractivity contribution in [3.63, 3.8) is 0 Å². The van der Waals surface area contributed by atoms with Crippen LogP contribution in [0.3, 0.4) is 0 Å². The molecule has 2 aromatic carbocycles. The van der Waals surface area contributed by atoms with Crippen LogP contribution in [0, 0.1) is 0 Å². The summed E-state index contributed by atoms with van der Waals surface area (Å²) in [6.07, 6.45) is -0.589. The maximum Gasteiger partial charge on any atom is 0.207 e. The van der Waals surface area contributed by atoms with Gasteiger partial charge in [0, 0.05) is 0 Å². The molecule has 0 saturated heterocycles. The van der Waals surface area contributed by atoms with Gasteiger partial charge in [0.05, 0.1) is 6.04 Å². The van der Waals surface area contributed by atoms with Crippen LogP contribution in [-0.4, -0.2) is 17.7 Å². The largest absolute Gasteiger partial charge is 0.376 e. The second-order valence-electron chi connectivity index (χ2n) is 3.82. The summed E-state index contributed by atoms with van der Waals surface area (Å²) in [5.41, 5.74) is 6.29. The van der Waals surface area contributed by atoms with Crippen molar-refractivity contribution in [1.29, 1.82) is 0 Å². The number of benzene rings is 2. The number of nitrogens with one attached hydrogen (secondary N) is 1. The molecule has 0 heterocycles. The van der Waals surface area contributed by atoms with E-state index in [1.807, 2.05) is 42.5 Å². The van der Waals surface area contributed by atoms with E-state index < -0.39 is 12.3 Å². The maximum absolute atomic E-state index is 10.6. The molecule has 2 atom stereocenters. The lowest BCUT2D eigenvalue weighted by atomic mass is 9.98. The molecule has 0 bridgehead atoms. The van der Waals surface area contributed by atoms with Gasteiger partial charge in [0.25, 0.3) is 0 Å². The van der Waals surface area contributed by atoms with Gasteiger partial charge in [-0.05, 0) is 16.3 Å². The Morgan fingerprint density at radius 1 is 1.18 bits per heavy atom. The van der Waals surface area contributed by atoms with E-state index in [2.05, 4.69) is 5.32 Å². The number of carbonyl (C=O) groups is 1. The van der Waals surface area contributed by atoms with Gasteiger partial charge in [0.15, 0.2) is 0 Å². The first-order valence-corrected chi connectivity index (χ1v) is 5.35. The van der Waals surface area contributed by atoms with Gasteiger partial charge in [-0.25, -0.2) is 0 Å². The molecular weight excluding hydrogens is 216 g/mol. The Hall–Kier alpha value is -1.91. The summed E-state index contributed by atoms with van der Waals surface area (Å²) in [6.45, 7) is 0. The van der Waals surface area contributed by atoms with E-state index in [-0.39, 0.29) is 0 Å². The van der Waals surface area contributed by atoms with Crippen LogP contribution < -0.4 is 11.1 Å². The van der Waals surface area contributed by atoms with Crippen molar-refractivity contribution in [2.24, 2.45) is 5.73 Å². The summed E-state index contributed by atoms with van der Waals surface area (Å²) in [4.78, 5) is 10.6. The van der Waals surface area contributed by atoms with Crippen LogP contribution in [-0.2, 0) is 4.79 Å². The van der Waals surface area contributed by atoms with Gasteiger partial charge < -0.3 is 16.2 Å². The van der Waals surface area contributed by atoms with Crippen molar-refractivity contribution in [2.75, 3.05) is 0 Å². The predicted molar refractivity (Wildman–Crippen MR) is 66.1 cm³/mol. The molecule has 2 unspecified atom stereocenters. The second-order valence-corrected chi connectivity index (χ2v) is 3.82. The lowest BCUT2D eigenvalue weighted by Crippen LogP contribution is -2.37. The summed E-state index contributed by atoms with van der Waals surface area (Å²) in [5, 5.41) is 14.1. The monoisotopic (exact) mass is 230 g/mol. The number of carbonyl (C=O) groups excluding carboxylic acids is 1. The SMILES string of the molecule is NC(O)C(NC=O)c1cccc2ccccc12. The van der Waals surface area contributed by atoms with E-state index in [1.54, 1.807) is 0 Å². The molecule has 88 valence electrons. The number of nitrogens with two attached hydrogens (primary N) is 1. The third-order valence-electron chi connectivity index (χ3n) is 2.75. The molecule has 0 saturated carbocycles. The Balaban J connectivity index is 2.56. The molecular formula is C13H14N2O2. The lowest BCUT2D eigenvalue weighted by molar-refractivity contribution is -0.111. The molecule has 17 heavy (non-hydrogen) atoms. The van der Waals surface area contributed by atoms with E-state index in [0.29, 0.717) is 6.41 Å². The highest BCUT2D eigenvalue weighted by Gasteiger charge is 2.18. The standard InChI is InChI=1S/C13H14N2O2/c14-13(17)12(15-8-16)11-7-3-5-9-4-1-2-6-10(9)11/h1-8,12-13,17H,14H2,(H,15,16). The Morgan fingerprint density at radius 2 is 1.88 bits per heavy atom. The van der Waals surface area contributed by atoms with Crippen molar-refractivity contribution in [3.05, 3.63) is 48.0 Å². The molecule has 0 aliphatic rings. The fourth-order valence-corrected chi connectivity index (χ4v) is 1.97. The Kier molecular flexibility index (Phi) is 3.37. The minimum Gasteiger partial charge on any atom is -0.376 e. The van der Waals surface area contributed by atoms with Gasteiger partial charge in [-0.15, -0.1) is 0 Å². The summed E-state index contributed by atoms with van der Waals surface area (Å²) >= 11 is 0. The minimum absolute atomic E-state index is 0.544. The van der Waals surface area contributed by atoms with Crippen LogP contribution in [0.2, 0.25) is 0 Å². The summed E-state index contributed by atoms with van der Waals surface area (Å²) in [6, 6.07) is 12.9. The van der Waals surface area contributed by atoms with Crippen molar-refractivity contribution < 1.29 is 9.90 Å². The molecule has 0 aliphatic heterocycles. The molecule has 0 aliphatic carbocycles. The highest BCUT2D eigenvalue weighted by atomic mass is 16.3. The first kappa shape index (κ1) is 11.6. The van der Waals surface area contributed by atoms with Crippen LogP contribution in [0.1, 0.15) is 11.6 Å². The zero-order chi connectivity index (χ0) is 12.3. The van der Waals surface area contributed by atoms with Gasteiger partial charge in [-0.3, -0.25) is 4.79 Å². The Bertz CT molecular complexity index is 520. The van der Waals surface area contributed by atoms with Crippen LogP contribution >= 0.6 is 0 Å². The molecule has 0 radical (unpaired) electrons. The maximum atomic E-state index is 10.6. The smallest absolute Gasteiger partial charge is 0.207 e. The molecule has 4 heteroatoms. The summed E-state index contributed by atoms with van der Waals surface area (Å²) in [7, 11) is 0. The highest BCUT2D eigenvalue weighted by molar-refractivity contribution is 5.86. The topological polar surface area (TPSA) is 75.3 Å². The second kappa shape index (κ2) is 4.95. The molecule has 0 aromatic heterocycles. The molecule has 4 nitrogen and oxygen atoms in total. The predicted octanol–water partition coefficient (Wildman–Crippen LogP) is 0.904. The average Bonchev–Trinajstić information content (AvgIpc) is 2.35. The van der Waals surface area contributed by atoms with Crippen LogP contribution in [0.4, 0.5) is 0 Å². The van der Waals surface area contributed by atoms with Gasteiger partial charge >= 0.3 is 0 Å². The third-order valence-corrected chi connectivity index (χ3v) is 2.75. The molecule has 2 aromatic rings. The van der Waals surface area contributed by atoms with E-state index in [1.165, 1.54) is 0 Å². The quantitative estimate of drug-likeness (QED) is 0.539. The first-order valence-electron chi connectivity index (χ1n) is 5.35. The van der Waals surface area contributed by atoms with Crippen molar-refractivity contribution in [2.45, 2.75) is 12.3 Å². The van der Waals surface area contributed by atoms with E-state index >= 15 is 0 Å². The highest BCUT2D eigenvalue weighted by Crippen LogP contribution is 2.24.